The molecule has 0 aliphatic carbocycles. The van der Waals surface area contributed by atoms with E-state index < -0.39 is 0 Å². The van der Waals surface area contributed by atoms with Crippen LogP contribution in [0.5, 0.6) is 11.5 Å². The molecule has 1 fully saturated rings. The second-order valence-corrected chi connectivity index (χ2v) is 6.54. The average molecular weight is 363 g/mol. The Labute approximate surface area is 151 Å². The number of benzene rings is 1. The summed E-state index contributed by atoms with van der Waals surface area (Å²) >= 11 is 1.69. The van der Waals surface area contributed by atoms with E-state index in [9.17, 15) is 9.59 Å². The van der Waals surface area contributed by atoms with E-state index in [-0.39, 0.29) is 25.2 Å². The summed E-state index contributed by atoms with van der Waals surface area (Å²) in [6, 6.07) is 5.45. The number of nitrogens with zero attached hydrogens (tertiary/aromatic N) is 2. The number of hydrogen-bond donors (Lipinski definition) is 1. The number of carbonyl (C=O) groups is 2. The number of nitrogens with one attached hydrogen (secondary N) is 1. The molecule has 7 nitrogen and oxygen atoms in total. The third-order valence-corrected chi connectivity index (χ3v) is 4.97. The molecule has 8 heteroatoms. The van der Waals surface area contributed by atoms with Gasteiger partial charge in [0, 0.05) is 32.3 Å². The number of amides is 2. The fourth-order valence-corrected chi connectivity index (χ4v) is 3.17. The van der Waals surface area contributed by atoms with Crippen LogP contribution in [-0.4, -0.2) is 66.8 Å². The predicted octanol–water partition coefficient (Wildman–Crippen LogP) is 0.967. The topological polar surface area (TPSA) is 71.1 Å². The maximum absolute atomic E-state index is 12.1. The molecule has 1 N–H and O–H groups in total. The first-order chi connectivity index (χ1) is 12.2. The Balaban J connectivity index is 1.44. The highest BCUT2D eigenvalue weighted by Gasteiger charge is 2.20. The van der Waals surface area contributed by atoms with Crippen molar-refractivity contribution in [2.24, 2.45) is 0 Å². The van der Waals surface area contributed by atoms with Gasteiger partial charge in [0.15, 0.2) is 11.5 Å². The number of rotatable bonds is 5. The van der Waals surface area contributed by atoms with Gasteiger partial charge in [0.2, 0.25) is 18.6 Å². The number of carbonyl (C=O) groups excluding carboxylic acids is 2. The Hall–Kier alpha value is -2.19. The number of piperazine rings is 1. The van der Waals surface area contributed by atoms with Crippen molar-refractivity contribution >= 4 is 29.8 Å². The van der Waals surface area contributed by atoms with Crippen molar-refractivity contribution in [3.05, 3.63) is 29.8 Å². The van der Waals surface area contributed by atoms with Gasteiger partial charge in [-0.3, -0.25) is 9.59 Å². The van der Waals surface area contributed by atoms with Gasteiger partial charge in [-0.1, -0.05) is 18.0 Å². The lowest BCUT2D eigenvalue weighted by atomic mass is 10.2. The molecule has 3 rings (SSSR count). The van der Waals surface area contributed by atoms with Gasteiger partial charge in [-0.2, -0.15) is 0 Å². The summed E-state index contributed by atoms with van der Waals surface area (Å²) in [5.41, 5.74) is 0.832. The number of hydrogen-bond acceptors (Lipinski definition) is 6. The SMILES string of the molecule is CSN1CCN(C(=O)CNC(=O)/C=C/c2ccc3c(c2)OCO3)CC1. The average Bonchev–Trinajstić information content (AvgIpc) is 3.12. The Kier molecular flexibility index (Phi) is 5.83. The lowest BCUT2D eigenvalue weighted by molar-refractivity contribution is -0.133. The molecule has 0 radical (unpaired) electrons. The molecule has 25 heavy (non-hydrogen) atoms. The van der Waals surface area contributed by atoms with Crippen LogP contribution in [-0.2, 0) is 9.59 Å². The van der Waals surface area contributed by atoms with Crippen molar-refractivity contribution in [2.75, 3.05) is 45.8 Å². The summed E-state index contributed by atoms with van der Waals surface area (Å²) in [5.74, 6) is 1.02. The minimum absolute atomic E-state index is 0.0174. The maximum atomic E-state index is 12.1. The van der Waals surface area contributed by atoms with Gasteiger partial charge in [-0.05, 0) is 30.0 Å². The largest absolute Gasteiger partial charge is 0.454 e. The molecular weight excluding hydrogens is 342 g/mol. The third kappa shape index (κ3) is 4.67. The molecule has 0 aromatic heterocycles. The van der Waals surface area contributed by atoms with E-state index in [0.717, 1.165) is 18.7 Å². The molecular formula is C17H21N3O4S. The van der Waals surface area contributed by atoms with Crippen LogP contribution in [0, 0.1) is 0 Å². The van der Waals surface area contributed by atoms with Gasteiger partial charge in [-0.25, -0.2) is 4.31 Å². The lowest BCUT2D eigenvalue weighted by Gasteiger charge is -2.33. The predicted molar refractivity (Wildman–Crippen MR) is 96.3 cm³/mol. The van der Waals surface area contributed by atoms with Gasteiger partial charge < -0.3 is 19.7 Å². The molecule has 1 saturated heterocycles. The number of ether oxygens (including phenoxy) is 2. The highest BCUT2D eigenvalue weighted by atomic mass is 32.2. The van der Waals surface area contributed by atoms with Gasteiger partial charge in [0.1, 0.15) is 0 Å². The molecule has 1 aromatic carbocycles. The standard InChI is InChI=1S/C17H21N3O4S/c1-25-20-8-6-19(7-9-20)17(22)11-18-16(21)5-3-13-2-4-14-15(10-13)24-12-23-14/h2-5,10H,6-9,11-12H2,1H3,(H,18,21)/b5-3+. The van der Waals surface area contributed by atoms with E-state index in [1.165, 1.54) is 6.08 Å². The molecule has 0 unspecified atom stereocenters. The normalized spacial score (nSPS) is 17.1. The molecule has 0 bridgehead atoms. The molecule has 0 spiro atoms. The Morgan fingerprint density at radius 2 is 1.96 bits per heavy atom. The van der Waals surface area contributed by atoms with Gasteiger partial charge in [0.05, 0.1) is 6.54 Å². The van der Waals surface area contributed by atoms with Gasteiger partial charge in [-0.15, -0.1) is 0 Å². The summed E-state index contributed by atoms with van der Waals surface area (Å²) in [6.07, 6.45) is 5.12. The fraction of sp³-hybridized carbons (Fsp3) is 0.412. The molecule has 2 heterocycles. The summed E-state index contributed by atoms with van der Waals surface area (Å²) in [7, 11) is 0. The first-order valence-corrected chi connectivity index (χ1v) is 9.26. The molecule has 0 atom stereocenters. The Bertz CT molecular complexity index is 672. The first-order valence-electron chi connectivity index (χ1n) is 8.08. The highest BCUT2D eigenvalue weighted by Crippen LogP contribution is 2.32. The fourth-order valence-electron chi connectivity index (χ4n) is 2.64. The van der Waals surface area contributed by atoms with Crippen LogP contribution in [0.15, 0.2) is 24.3 Å². The van der Waals surface area contributed by atoms with Crippen molar-refractivity contribution in [3.63, 3.8) is 0 Å². The minimum Gasteiger partial charge on any atom is -0.454 e. The monoisotopic (exact) mass is 363 g/mol. The zero-order chi connectivity index (χ0) is 17.6. The minimum atomic E-state index is -0.297. The van der Waals surface area contributed by atoms with Crippen LogP contribution in [0.2, 0.25) is 0 Å². The van der Waals surface area contributed by atoms with Crippen molar-refractivity contribution in [2.45, 2.75) is 0 Å². The lowest BCUT2D eigenvalue weighted by Crippen LogP contribution is -2.49. The van der Waals surface area contributed by atoms with Crippen LogP contribution < -0.4 is 14.8 Å². The van der Waals surface area contributed by atoms with Crippen molar-refractivity contribution < 1.29 is 19.1 Å². The van der Waals surface area contributed by atoms with Gasteiger partial charge in [0.25, 0.3) is 0 Å². The quantitative estimate of drug-likeness (QED) is 0.621. The van der Waals surface area contributed by atoms with Crippen molar-refractivity contribution in [1.29, 1.82) is 0 Å². The summed E-state index contributed by atoms with van der Waals surface area (Å²) < 4.78 is 12.8. The van der Waals surface area contributed by atoms with Crippen LogP contribution in [0.4, 0.5) is 0 Å². The zero-order valence-corrected chi connectivity index (χ0v) is 14.9. The molecule has 2 aliphatic heterocycles. The van der Waals surface area contributed by atoms with E-state index in [1.54, 1.807) is 29.0 Å². The third-order valence-electron chi connectivity index (χ3n) is 4.09. The molecule has 134 valence electrons. The molecule has 2 aliphatic rings. The van der Waals surface area contributed by atoms with Crippen molar-refractivity contribution in [3.8, 4) is 11.5 Å². The van der Waals surface area contributed by atoms with E-state index >= 15 is 0 Å². The van der Waals surface area contributed by atoms with Gasteiger partial charge >= 0.3 is 0 Å². The molecule has 2 amide bonds. The summed E-state index contributed by atoms with van der Waals surface area (Å²) in [6.45, 7) is 3.33. The summed E-state index contributed by atoms with van der Waals surface area (Å²) in [5, 5.41) is 2.64. The number of fused-ring (bicyclic) bond motifs is 1. The van der Waals surface area contributed by atoms with E-state index in [2.05, 4.69) is 9.62 Å². The Morgan fingerprint density at radius 1 is 1.20 bits per heavy atom. The van der Waals surface area contributed by atoms with E-state index in [1.807, 2.05) is 18.4 Å². The van der Waals surface area contributed by atoms with Crippen LogP contribution >= 0.6 is 11.9 Å². The molecule has 0 saturated carbocycles. The second kappa shape index (κ2) is 8.26. The molecule has 1 aromatic rings. The smallest absolute Gasteiger partial charge is 0.244 e. The van der Waals surface area contributed by atoms with Crippen LogP contribution in [0.3, 0.4) is 0 Å². The van der Waals surface area contributed by atoms with E-state index in [0.29, 0.717) is 24.6 Å². The zero-order valence-electron chi connectivity index (χ0n) is 14.1. The van der Waals surface area contributed by atoms with E-state index in [4.69, 9.17) is 9.47 Å². The maximum Gasteiger partial charge on any atom is 0.244 e. The first kappa shape index (κ1) is 17.6. The van der Waals surface area contributed by atoms with Crippen molar-refractivity contribution in [1.82, 2.24) is 14.5 Å². The van der Waals surface area contributed by atoms with Crippen LogP contribution in [0.1, 0.15) is 5.56 Å². The Morgan fingerprint density at radius 3 is 2.72 bits per heavy atom. The van der Waals surface area contributed by atoms with Crippen LogP contribution in [0.25, 0.3) is 6.08 Å². The summed E-state index contributed by atoms with van der Waals surface area (Å²) in [4.78, 5) is 25.8. The highest BCUT2D eigenvalue weighted by molar-refractivity contribution is 7.96. The second-order valence-electron chi connectivity index (χ2n) is 5.66.